The van der Waals surface area contributed by atoms with Crippen molar-refractivity contribution < 1.29 is 13.7 Å². The van der Waals surface area contributed by atoms with Gasteiger partial charge in [-0.1, -0.05) is 5.16 Å². The van der Waals surface area contributed by atoms with Gasteiger partial charge >= 0.3 is 0 Å². The summed E-state index contributed by atoms with van der Waals surface area (Å²) in [5, 5.41) is 7.53. The largest absolute Gasteiger partial charge is 0.381 e. The summed E-state index contributed by atoms with van der Waals surface area (Å²) in [5.41, 5.74) is 0.925. The molecule has 2 saturated heterocycles. The summed E-state index contributed by atoms with van der Waals surface area (Å²) in [6.45, 7) is 3.40. The van der Waals surface area contributed by atoms with Crippen LogP contribution in [-0.4, -0.2) is 36.4 Å². The van der Waals surface area contributed by atoms with Gasteiger partial charge in [-0.3, -0.25) is 0 Å². The molecule has 5 nitrogen and oxygen atoms in total. The van der Waals surface area contributed by atoms with Crippen molar-refractivity contribution in [3.05, 3.63) is 36.0 Å². The normalized spacial score (nSPS) is 22.9. The first-order valence-corrected chi connectivity index (χ1v) is 7.65. The molecule has 7 heteroatoms. The molecule has 1 aromatic heterocycles. The lowest BCUT2D eigenvalue weighted by Gasteiger charge is -2.36. The number of hydrogen-bond acceptors (Lipinski definition) is 5. The zero-order chi connectivity index (χ0) is 15.0. The topological polar surface area (TPSA) is 60.2 Å². The molecule has 2 aliphatic rings. The van der Waals surface area contributed by atoms with Crippen molar-refractivity contribution in [2.24, 2.45) is 5.41 Å². The SMILES string of the molecule is Cl.Fc1ccc(-c2noc(C3CNCC34CCOCC4)n2)cc1. The van der Waals surface area contributed by atoms with E-state index >= 15 is 0 Å². The van der Waals surface area contributed by atoms with Gasteiger partial charge in [-0.05, 0) is 42.5 Å². The van der Waals surface area contributed by atoms with Crippen molar-refractivity contribution in [1.29, 1.82) is 0 Å². The average molecular weight is 340 g/mol. The molecule has 0 amide bonds. The molecular formula is C16H19ClFN3O2. The molecule has 3 heterocycles. The van der Waals surface area contributed by atoms with E-state index in [1.807, 2.05) is 0 Å². The maximum absolute atomic E-state index is 13.0. The highest BCUT2D eigenvalue weighted by atomic mass is 35.5. The van der Waals surface area contributed by atoms with Gasteiger partial charge in [-0.15, -0.1) is 12.4 Å². The van der Waals surface area contributed by atoms with E-state index in [1.54, 1.807) is 12.1 Å². The van der Waals surface area contributed by atoms with Crippen LogP contribution in [0.15, 0.2) is 28.8 Å². The van der Waals surface area contributed by atoms with Crippen LogP contribution in [0, 0.1) is 11.2 Å². The molecule has 23 heavy (non-hydrogen) atoms. The van der Waals surface area contributed by atoms with Crippen LogP contribution in [0.5, 0.6) is 0 Å². The minimum absolute atomic E-state index is 0. The van der Waals surface area contributed by atoms with Crippen molar-refractivity contribution in [1.82, 2.24) is 15.5 Å². The summed E-state index contributed by atoms with van der Waals surface area (Å²) in [4.78, 5) is 4.56. The minimum Gasteiger partial charge on any atom is -0.381 e. The molecule has 0 bridgehead atoms. The second-order valence-corrected chi connectivity index (χ2v) is 6.12. The third kappa shape index (κ3) is 2.98. The van der Waals surface area contributed by atoms with Crippen LogP contribution in [0.2, 0.25) is 0 Å². The van der Waals surface area contributed by atoms with Crippen molar-refractivity contribution in [3.8, 4) is 11.4 Å². The monoisotopic (exact) mass is 339 g/mol. The van der Waals surface area contributed by atoms with Crippen LogP contribution in [0.1, 0.15) is 24.7 Å². The maximum Gasteiger partial charge on any atom is 0.231 e. The van der Waals surface area contributed by atoms with E-state index in [9.17, 15) is 4.39 Å². The van der Waals surface area contributed by atoms with Crippen LogP contribution in [-0.2, 0) is 4.74 Å². The third-order valence-corrected chi connectivity index (χ3v) is 4.90. The molecular weight excluding hydrogens is 321 g/mol. The Hall–Kier alpha value is -1.50. The highest BCUT2D eigenvalue weighted by molar-refractivity contribution is 5.85. The molecule has 0 radical (unpaired) electrons. The Morgan fingerprint density at radius 3 is 2.65 bits per heavy atom. The fourth-order valence-corrected chi connectivity index (χ4v) is 3.55. The predicted molar refractivity (Wildman–Crippen MR) is 85.0 cm³/mol. The Kier molecular flexibility index (Phi) is 4.66. The highest BCUT2D eigenvalue weighted by Gasteiger charge is 2.47. The van der Waals surface area contributed by atoms with E-state index in [-0.39, 0.29) is 29.6 Å². The van der Waals surface area contributed by atoms with E-state index in [2.05, 4.69) is 15.5 Å². The maximum atomic E-state index is 13.0. The van der Waals surface area contributed by atoms with Crippen LogP contribution >= 0.6 is 12.4 Å². The molecule has 1 unspecified atom stereocenters. The number of ether oxygens (including phenoxy) is 1. The number of benzene rings is 1. The number of rotatable bonds is 2. The van der Waals surface area contributed by atoms with E-state index in [1.165, 1.54) is 12.1 Å². The summed E-state index contributed by atoms with van der Waals surface area (Å²) in [6.07, 6.45) is 2.03. The molecule has 1 N–H and O–H groups in total. The lowest BCUT2D eigenvalue weighted by atomic mass is 9.72. The number of halogens is 2. The standard InChI is InChI=1S/C16H18FN3O2.ClH/c17-12-3-1-11(2-4-12)14-19-15(22-20-14)13-9-18-10-16(13)5-7-21-8-6-16;/h1-4,13,18H,5-10H2;1H. The van der Waals surface area contributed by atoms with Crippen molar-refractivity contribution in [3.63, 3.8) is 0 Å². The molecule has 1 spiro atoms. The molecule has 4 rings (SSSR count). The summed E-state index contributed by atoms with van der Waals surface area (Å²) in [6, 6.07) is 6.15. The fraction of sp³-hybridized carbons (Fsp3) is 0.500. The van der Waals surface area contributed by atoms with Gasteiger partial charge in [0.1, 0.15) is 5.82 Å². The first-order valence-electron chi connectivity index (χ1n) is 7.65. The Balaban J connectivity index is 0.00000156. The lowest BCUT2D eigenvalue weighted by Crippen LogP contribution is -2.35. The molecule has 2 aromatic rings. The van der Waals surface area contributed by atoms with E-state index in [0.29, 0.717) is 11.7 Å². The third-order valence-electron chi connectivity index (χ3n) is 4.90. The van der Waals surface area contributed by atoms with Crippen LogP contribution in [0.3, 0.4) is 0 Å². The van der Waals surface area contributed by atoms with Gasteiger partial charge in [0, 0.05) is 31.9 Å². The van der Waals surface area contributed by atoms with E-state index in [0.717, 1.165) is 44.7 Å². The quantitative estimate of drug-likeness (QED) is 0.911. The Morgan fingerprint density at radius 2 is 1.91 bits per heavy atom. The van der Waals surface area contributed by atoms with Gasteiger partial charge in [0.15, 0.2) is 0 Å². The van der Waals surface area contributed by atoms with Crippen molar-refractivity contribution in [2.75, 3.05) is 26.3 Å². The zero-order valence-electron chi connectivity index (χ0n) is 12.6. The second-order valence-electron chi connectivity index (χ2n) is 6.12. The van der Waals surface area contributed by atoms with Crippen LogP contribution < -0.4 is 5.32 Å². The van der Waals surface area contributed by atoms with Gasteiger partial charge in [-0.25, -0.2) is 4.39 Å². The smallest absolute Gasteiger partial charge is 0.231 e. The fourth-order valence-electron chi connectivity index (χ4n) is 3.55. The Morgan fingerprint density at radius 1 is 1.17 bits per heavy atom. The minimum atomic E-state index is -0.270. The predicted octanol–water partition coefficient (Wildman–Crippen LogP) is 2.78. The lowest BCUT2D eigenvalue weighted by molar-refractivity contribution is 0.0122. The highest BCUT2D eigenvalue weighted by Crippen LogP contribution is 2.46. The molecule has 1 aromatic carbocycles. The zero-order valence-corrected chi connectivity index (χ0v) is 13.4. The number of hydrogen-bond donors (Lipinski definition) is 1. The van der Waals surface area contributed by atoms with Crippen molar-refractivity contribution >= 4 is 12.4 Å². The Labute approximate surface area is 140 Å². The summed E-state index contributed by atoms with van der Waals surface area (Å²) >= 11 is 0. The number of aromatic nitrogens is 2. The van der Waals surface area contributed by atoms with Gasteiger partial charge in [-0.2, -0.15) is 4.98 Å². The second kappa shape index (κ2) is 6.55. The van der Waals surface area contributed by atoms with Gasteiger partial charge in [0.25, 0.3) is 0 Å². The molecule has 1 atom stereocenters. The van der Waals surface area contributed by atoms with Gasteiger partial charge in [0.2, 0.25) is 11.7 Å². The first-order chi connectivity index (χ1) is 10.8. The molecule has 2 aliphatic heterocycles. The van der Waals surface area contributed by atoms with Crippen LogP contribution in [0.4, 0.5) is 4.39 Å². The molecule has 124 valence electrons. The number of nitrogens with one attached hydrogen (secondary N) is 1. The first kappa shape index (κ1) is 16.4. The van der Waals surface area contributed by atoms with Gasteiger partial charge < -0.3 is 14.6 Å². The van der Waals surface area contributed by atoms with E-state index in [4.69, 9.17) is 9.26 Å². The molecule has 0 saturated carbocycles. The molecule has 0 aliphatic carbocycles. The van der Waals surface area contributed by atoms with Crippen molar-refractivity contribution in [2.45, 2.75) is 18.8 Å². The average Bonchev–Trinajstić information content (AvgIpc) is 3.16. The Bertz CT molecular complexity index is 656. The summed E-state index contributed by atoms with van der Waals surface area (Å²) in [7, 11) is 0. The summed E-state index contributed by atoms with van der Waals surface area (Å²) in [5.74, 6) is 1.14. The van der Waals surface area contributed by atoms with Gasteiger partial charge in [0.05, 0.1) is 5.92 Å². The number of nitrogens with zero attached hydrogens (tertiary/aromatic N) is 2. The summed E-state index contributed by atoms with van der Waals surface area (Å²) < 4.78 is 24.0. The molecule has 2 fully saturated rings. The van der Waals surface area contributed by atoms with Crippen LogP contribution in [0.25, 0.3) is 11.4 Å². The van der Waals surface area contributed by atoms with E-state index < -0.39 is 0 Å².